The first-order chi connectivity index (χ1) is 10.6. The van der Waals surface area contributed by atoms with Crippen LogP contribution in [0.3, 0.4) is 0 Å². The van der Waals surface area contributed by atoms with E-state index >= 15 is 0 Å². The molecule has 1 saturated carbocycles. The van der Waals surface area contributed by atoms with E-state index in [1.807, 2.05) is 0 Å². The molecule has 0 atom stereocenters. The van der Waals surface area contributed by atoms with Crippen LogP contribution in [0, 0.1) is 0 Å². The maximum absolute atomic E-state index is 13.9. The van der Waals surface area contributed by atoms with E-state index in [-0.39, 0.29) is 19.0 Å². The van der Waals surface area contributed by atoms with E-state index < -0.39 is 5.67 Å². The highest BCUT2D eigenvalue weighted by molar-refractivity contribution is 5.56. The number of nitrogens with one attached hydrogen (secondary N) is 1. The van der Waals surface area contributed by atoms with Crippen LogP contribution in [0.15, 0.2) is 36.2 Å². The molecule has 116 valence electrons. The van der Waals surface area contributed by atoms with Crippen molar-refractivity contribution in [2.45, 2.75) is 18.5 Å². The Balaban J connectivity index is 1.67. The normalized spacial score (nSPS) is 16.6. The zero-order valence-electron chi connectivity index (χ0n) is 11.9. The van der Waals surface area contributed by atoms with Crippen molar-refractivity contribution in [1.29, 1.82) is 0 Å². The van der Waals surface area contributed by atoms with Gasteiger partial charge in [0.25, 0.3) is 0 Å². The van der Waals surface area contributed by atoms with Gasteiger partial charge in [0.05, 0.1) is 6.33 Å². The maximum atomic E-state index is 13.9. The van der Waals surface area contributed by atoms with Crippen molar-refractivity contribution in [2.75, 3.05) is 13.2 Å². The zero-order valence-corrected chi connectivity index (χ0v) is 11.9. The predicted molar refractivity (Wildman–Crippen MR) is 77.6 cm³/mol. The molecule has 1 aliphatic carbocycles. The van der Waals surface area contributed by atoms with Gasteiger partial charge in [-0.3, -0.25) is 5.10 Å². The van der Waals surface area contributed by atoms with Crippen LogP contribution in [0.5, 0.6) is 5.75 Å². The second-order valence-electron chi connectivity index (χ2n) is 5.26. The van der Waals surface area contributed by atoms with E-state index in [0.29, 0.717) is 36.3 Å². The molecule has 2 aromatic rings. The van der Waals surface area contributed by atoms with E-state index in [1.165, 1.54) is 0 Å². The number of aromatic amines is 1. The van der Waals surface area contributed by atoms with Crippen molar-refractivity contribution in [3.05, 3.63) is 42.0 Å². The number of hydrogen-bond acceptors (Lipinski definition) is 4. The molecule has 0 amide bonds. The summed E-state index contributed by atoms with van der Waals surface area (Å²) in [5, 5.41) is 6.66. The van der Waals surface area contributed by atoms with Crippen molar-refractivity contribution in [3.63, 3.8) is 0 Å². The fourth-order valence-corrected chi connectivity index (χ4v) is 1.94. The summed E-state index contributed by atoms with van der Waals surface area (Å²) in [6.07, 6.45) is 1.40. The summed E-state index contributed by atoms with van der Waals surface area (Å²) in [6, 6.07) is 7.01. The maximum Gasteiger partial charge on any atom is 0.188 e. The fraction of sp³-hybridized carbons (Fsp3) is 0.333. The van der Waals surface area contributed by atoms with Crippen molar-refractivity contribution in [2.24, 2.45) is 5.73 Å². The molecule has 3 N–H and O–H groups in total. The molecular formula is C15H16F2N4O. The lowest BCUT2D eigenvalue weighted by molar-refractivity contribution is 0.301. The lowest BCUT2D eigenvalue weighted by Gasteiger charge is -2.07. The summed E-state index contributed by atoms with van der Waals surface area (Å²) in [5.74, 6) is 1.31. The van der Waals surface area contributed by atoms with Gasteiger partial charge in [0.15, 0.2) is 17.3 Å². The van der Waals surface area contributed by atoms with Crippen LogP contribution >= 0.6 is 0 Å². The lowest BCUT2D eigenvalue weighted by Crippen LogP contribution is -2.10. The third-order valence-electron chi connectivity index (χ3n) is 3.54. The molecule has 1 aromatic carbocycles. The first-order valence-electron chi connectivity index (χ1n) is 6.98. The number of halogens is 2. The Morgan fingerprint density at radius 1 is 1.36 bits per heavy atom. The Morgan fingerprint density at radius 3 is 2.68 bits per heavy atom. The smallest absolute Gasteiger partial charge is 0.188 e. The van der Waals surface area contributed by atoms with E-state index in [9.17, 15) is 8.78 Å². The number of hydrogen-bond donors (Lipinski definition) is 2. The molecule has 7 heteroatoms. The summed E-state index contributed by atoms with van der Waals surface area (Å²) in [6.45, 7) is 0.212. The summed E-state index contributed by atoms with van der Waals surface area (Å²) < 4.78 is 31.7. The van der Waals surface area contributed by atoms with Gasteiger partial charge in [-0.05, 0) is 37.1 Å². The Bertz CT molecular complexity index is 677. The molecule has 0 radical (unpaired) electrons. The Hall–Kier alpha value is -2.28. The monoisotopic (exact) mass is 306 g/mol. The van der Waals surface area contributed by atoms with Gasteiger partial charge >= 0.3 is 0 Å². The van der Waals surface area contributed by atoms with Crippen LogP contribution in [-0.2, 0) is 5.67 Å². The van der Waals surface area contributed by atoms with Crippen molar-refractivity contribution >= 4 is 0 Å². The van der Waals surface area contributed by atoms with Crippen LogP contribution < -0.4 is 10.5 Å². The molecule has 0 aliphatic heterocycles. The average Bonchev–Trinajstić information content (AvgIpc) is 3.11. The second-order valence-corrected chi connectivity index (χ2v) is 5.26. The predicted octanol–water partition coefficient (Wildman–Crippen LogP) is 2.62. The Morgan fingerprint density at radius 2 is 2.09 bits per heavy atom. The topological polar surface area (TPSA) is 76.8 Å². The number of aromatic nitrogens is 3. The molecule has 1 fully saturated rings. The first-order valence-corrected chi connectivity index (χ1v) is 6.98. The minimum Gasteiger partial charge on any atom is -0.489 e. The highest BCUT2D eigenvalue weighted by atomic mass is 19.1. The highest BCUT2D eigenvalue weighted by Gasteiger charge is 2.48. The summed E-state index contributed by atoms with van der Waals surface area (Å²) >= 11 is 0. The van der Waals surface area contributed by atoms with Crippen LogP contribution in [-0.4, -0.2) is 28.3 Å². The number of rotatable bonds is 6. The molecule has 1 aromatic heterocycles. The van der Waals surface area contributed by atoms with Gasteiger partial charge in [-0.2, -0.15) is 5.10 Å². The number of nitrogens with two attached hydrogens (primary N) is 1. The molecule has 1 aliphatic rings. The lowest BCUT2D eigenvalue weighted by atomic mass is 10.2. The van der Waals surface area contributed by atoms with Gasteiger partial charge in [-0.15, -0.1) is 0 Å². The van der Waals surface area contributed by atoms with E-state index in [1.54, 1.807) is 24.3 Å². The number of nitrogens with zero attached hydrogens (tertiary/aromatic N) is 2. The third kappa shape index (κ3) is 2.99. The van der Waals surface area contributed by atoms with E-state index in [0.717, 1.165) is 5.56 Å². The van der Waals surface area contributed by atoms with Gasteiger partial charge in [-0.1, -0.05) is 0 Å². The van der Waals surface area contributed by atoms with Gasteiger partial charge in [-0.25, -0.2) is 13.8 Å². The summed E-state index contributed by atoms with van der Waals surface area (Å²) in [4.78, 5) is 4.19. The van der Waals surface area contributed by atoms with Crippen molar-refractivity contribution in [3.8, 4) is 17.1 Å². The van der Waals surface area contributed by atoms with Crippen LogP contribution in [0.2, 0.25) is 0 Å². The summed E-state index contributed by atoms with van der Waals surface area (Å²) in [5.41, 5.74) is 5.15. The number of benzene rings is 1. The quantitative estimate of drug-likeness (QED) is 0.860. The molecule has 0 spiro atoms. The summed E-state index contributed by atoms with van der Waals surface area (Å²) in [7, 11) is 0. The largest absolute Gasteiger partial charge is 0.489 e. The zero-order chi connectivity index (χ0) is 15.6. The van der Waals surface area contributed by atoms with Crippen molar-refractivity contribution < 1.29 is 13.5 Å². The van der Waals surface area contributed by atoms with Crippen molar-refractivity contribution in [1.82, 2.24) is 15.2 Å². The van der Waals surface area contributed by atoms with Crippen LogP contribution in [0.1, 0.15) is 18.7 Å². The number of ether oxygens (including phenoxy) is 1. The second kappa shape index (κ2) is 5.84. The Kier molecular flexibility index (Phi) is 3.89. The third-order valence-corrected chi connectivity index (χ3v) is 3.54. The van der Waals surface area contributed by atoms with Gasteiger partial charge < -0.3 is 10.5 Å². The molecule has 3 rings (SSSR count). The van der Waals surface area contributed by atoms with Crippen LogP contribution in [0.25, 0.3) is 11.4 Å². The molecule has 0 unspecified atom stereocenters. The Labute approximate surface area is 126 Å². The number of alkyl halides is 1. The van der Waals surface area contributed by atoms with E-state index in [4.69, 9.17) is 10.5 Å². The first kappa shape index (κ1) is 14.6. The van der Waals surface area contributed by atoms with E-state index in [2.05, 4.69) is 15.2 Å². The molecule has 1 heterocycles. The molecular weight excluding hydrogens is 290 g/mol. The number of H-pyrrole nitrogens is 1. The molecule has 22 heavy (non-hydrogen) atoms. The molecule has 0 bridgehead atoms. The van der Waals surface area contributed by atoms with Gasteiger partial charge in [0, 0.05) is 17.7 Å². The fourth-order valence-electron chi connectivity index (χ4n) is 1.94. The average molecular weight is 306 g/mol. The minimum absolute atomic E-state index is 0.100. The standard InChI is InChI=1S/C15H16F2N4O/c16-7-10(8-18)9-22-12-3-1-11(2-4-12)13-19-14(21-20-13)15(17)5-6-15/h1-4,7H,5-6,8-9,18H2,(H,19,20,21)/b10-7+. The van der Waals surface area contributed by atoms with Gasteiger partial charge in [0.2, 0.25) is 0 Å². The highest BCUT2D eigenvalue weighted by Crippen LogP contribution is 2.48. The minimum atomic E-state index is -1.35. The SMILES string of the molecule is NC/C(=C\F)COc1ccc(-c2nc(C3(F)CC3)n[nH]2)cc1. The molecule has 5 nitrogen and oxygen atoms in total. The van der Waals surface area contributed by atoms with Gasteiger partial charge in [0.1, 0.15) is 12.4 Å². The molecule has 0 saturated heterocycles. The van der Waals surface area contributed by atoms with Crippen LogP contribution in [0.4, 0.5) is 8.78 Å².